The summed E-state index contributed by atoms with van der Waals surface area (Å²) in [4.78, 5) is 15.9. The van der Waals surface area contributed by atoms with Crippen LogP contribution in [0.2, 0.25) is 0 Å². The van der Waals surface area contributed by atoms with Crippen molar-refractivity contribution in [2.75, 3.05) is 14.2 Å². The molecule has 0 saturated carbocycles. The summed E-state index contributed by atoms with van der Waals surface area (Å²) in [5.74, 6) is -1.43. The summed E-state index contributed by atoms with van der Waals surface area (Å²) in [5, 5.41) is 0. The summed E-state index contributed by atoms with van der Waals surface area (Å²) in [5.41, 5.74) is 0.787. The second-order valence-electron chi connectivity index (χ2n) is 4.55. The van der Waals surface area contributed by atoms with E-state index in [1.165, 1.54) is 25.1 Å². The van der Waals surface area contributed by atoms with E-state index < -0.39 is 18.0 Å². The molecule has 1 aromatic heterocycles. The highest BCUT2D eigenvalue weighted by molar-refractivity contribution is 5.97. The van der Waals surface area contributed by atoms with E-state index in [9.17, 15) is 9.18 Å². The highest BCUT2D eigenvalue weighted by Crippen LogP contribution is 2.22. The van der Waals surface area contributed by atoms with Crippen LogP contribution in [0.5, 0.6) is 0 Å². The molecule has 0 radical (unpaired) electrons. The zero-order valence-electron chi connectivity index (χ0n) is 12.1. The van der Waals surface area contributed by atoms with Gasteiger partial charge in [0, 0.05) is 14.2 Å². The molecule has 1 heterocycles. The molecular weight excluding hydrogens is 275 g/mol. The first-order valence-corrected chi connectivity index (χ1v) is 6.47. The molecule has 0 aliphatic carbocycles. The molecular formula is C15H17FN2O3. The molecule has 0 bridgehead atoms. The van der Waals surface area contributed by atoms with Gasteiger partial charge in [0.05, 0.1) is 12.4 Å². The van der Waals surface area contributed by atoms with Gasteiger partial charge in [0.15, 0.2) is 0 Å². The molecule has 0 aliphatic rings. The number of aromatic nitrogens is 2. The van der Waals surface area contributed by atoms with E-state index >= 15 is 0 Å². The number of methoxy groups -OCH3 is 2. The van der Waals surface area contributed by atoms with E-state index in [4.69, 9.17) is 9.47 Å². The van der Waals surface area contributed by atoms with Gasteiger partial charge in [0.1, 0.15) is 5.69 Å². The average molecular weight is 292 g/mol. The van der Waals surface area contributed by atoms with Crippen LogP contribution in [0.1, 0.15) is 29.0 Å². The van der Waals surface area contributed by atoms with E-state index in [1.54, 1.807) is 0 Å². The van der Waals surface area contributed by atoms with Crippen molar-refractivity contribution in [3.8, 4) is 0 Å². The lowest BCUT2D eigenvalue weighted by Gasteiger charge is -2.18. The van der Waals surface area contributed by atoms with Crippen molar-refractivity contribution in [3.63, 3.8) is 0 Å². The fourth-order valence-corrected chi connectivity index (χ4v) is 2.17. The first-order valence-electron chi connectivity index (χ1n) is 6.47. The Labute approximate surface area is 122 Å². The van der Waals surface area contributed by atoms with Gasteiger partial charge in [-0.15, -0.1) is 0 Å². The average Bonchev–Trinajstić information content (AvgIpc) is 2.90. The standard InChI is InChI=1S/C15H17FN2O3/c1-10(11-7-5-4-6-8-11)18-9-17-14(16)12(18)13(19)15(20-2)21-3/h4-10,15H,1-3H3/t10-/m1/s1. The molecule has 2 rings (SSSR count). The zero-order valence-corrected chi connectivity index (χ0v) is 12.1. The van der Waals surface area contributed by atoms with Crippen LogP contribution in [0, 0.1) is 5.95 Å². The summed E-state index contributed by atoms with van der Waals surface area (Å²) < 4.78 is 25.2. The number of halogens is 1. The summed E-state index contributed by atoms with van der Waals surface area (Å²) in [7, 11) is 2.65. The van der Waals surface area contributed by atoms with E-state index in [2.05, 4.69) is 4.98 Å². The molecule has 1 aromatic carbocycles. The lowest BCUT2D eigenvalue weighted by atomic mass is 10.1. The van der Waals surface area contributed by atoms with Crippen LogP contribution in [0.15, 0.2) is 36.7 Å². The van der Waals surface area contributed by atoms with E-state index in [1.807, 2.05) is 37.3 Å². The van der Waals surface area contributed by atoms with Gasteiger partial charge in [0.25, 0.3) is 0 Å². The van der Waals surface area contributed by atoms with E-state index in [0.717, 1.165) is 5.56 Å². The molecule has 5 nitrogen and oxygen atoms in total. The minimum Gasteiger partial charge on any atom is -0.349 e. The molecule has 6 heteroatoms. The smallest absolute Gasteiger partial charge is 0.242 e. The van der Waals surface area contributed by atoms with Crippen LogP contribution < -0.4 is 0 Å². The number of nitrogens with zero attached hydrogens (tertiary/aromatic N) is 2. The summed E-state index contributed by atoms with van der Waals surface area (Å²) >= 11 is 0. The summed E-state index contributed by atoms with van der Waals surface area (Å²) in [6.07, 6.45) is 0.153. The topological polar surface area (TPSA) is 53.4 Å². The fraction of sp³-hybridized carbons (Fsp3) is 0.333. The lowest BCUT2D eigenvalue weighted by molar-refractivity contribution is -0.0748. The molecule has 21 heavy (non-hydrogen) atoms. The number of hydrogen-bond acceptors (Lipinski definition) is 4. The number of benzene rings is 1. The Morgan fingerprint density at radius 1 is 1.24 bits per heavy atom. The molecule has 0 amide bonds. The molecule has 1 atom stereocenters. The van der Waals surface area contributed by atoms with Crippen LogP contribution in [0.25, 0.3) is 0 Å². The molecule has 0 N–H and O–H groups in total. The monoisotopic (exact) mass is 292 g/mol. The first kappa shape index (κ1) is 15.3. The third-order valence-electron chi connectivity index (χ3n) is 3.32. The second kappa shape index (κ2) is 6.60. The highest BCUT2D eigenvalue weighted by atomic mass is 19.1. The Kier molecular flexibility index (Phi) is 4.82. The van der Waals surface area contributed by atoms with Crippen LogP contribution in [0.4, 0.5) is 4.39 Å². The van der Waals surface area contributed by atoms with Gasteiger partial charge in [-0.25, -0.2) is 4.98 Å². The maximum Gasteiger partial charge on any atom is 0.242 e. The number of ether oxygens (including phenoxy) is 2. The normalized spacial score (nSPS) is 12.6. The third kappa shape index (κ3) is 3.01. The molecule has 0 unspecified atom stereocenters. The minimum absolute atomic E-state index is 0.153. The largest absolute Gasteiger partial charge is 0.349 e. The van der Waals surface area contributed by atoms with Crippen molar-refractivity contribution in [3.05, 3.63) is 53.9 Å². The van der Waals surface area contributed by atoms with Crippen molar-refractivity contribution in [2.24, 2.45) is 0 Å². The fourth-order valence-electron chi connectivity index (χ4n) is 2.17. The number of carbonyl (C=O) groups is 1. The third-order valence-corrected chi connectivity index (χ3v) is 3.32. The summed E-state index contributed by atoms with van der Waals surface area (Å²) in [6, 6.07) is 9.22. The van der Waals surface area contributed by atoms with Gasteiger partial charge in [-0.05, 0) is 12.5 Å². The van der Waals surface area contributed by atoms with Gasteiger partial charge < -0.3 is 14.0 Å². The molecule has 0 aliphatic heterocycles. The second-order valence-corrected chi connectivity index (χ2v) is 4.55. The SMILES string of the molecule is COC(OC)C(=O)c1c(F)ncn1[C@H](C)c1ccccc1. The highest BCUT2D eigenvalue weighted by Gasteiger charge is 2.28. The van der Waals surface area contributed by atoms with Gasteiger partial charge in [0.2, 0.25) is 18.0 Å². The van der Waals surface area contributed by atoms with Crippen molar-refractivity contribution in [2.45, 2.75) is 19.3 Å². The number of Topliss-reactive ketones (excluding diaryl/α,β-unsaturated/α-hetero) is 1. The van der Waals surface area contributed by atoms with Crippen molar-refractivity contribution in [1.29, 1.82) is 0 Å². The Hall–Kier alpha value is -2.05. The maximum atomic E-state index is 13.9. The van der Waals surface area contributed by atoms with Gasteiger partial charge in [-0.3, -0.25) is 4.79 Å². The zero-order chi connectivity index (χ0) is 15.4. The minimum atomic E-state index is -1.15. The maximum absolute atomic E-state index is 13.9. The van der Waals surface area contributed by atoms with Crippen LogP contribution in [-0.4, -0.2) is 35.8 Å². The predicted octanol–water partition coefficient (Wildman–Crippen LogP) is 2.43. The molecule has 0 fully saturated rings. The number of imidazole rings is 1. The van der Waals surface area contributed by atoms with Gasteiger partial charge in [-0.1, -0.05) is 30.3 Å². The Balaban J connectivity index is 2.41. The Bertz CT molecular complexity index is 609. The number of carbonyl (C=O) groups excluding carboxylic acids is 1. The van der Waals surface area contributed by atoms with Crippen LogP contribution in [-0.2, 0) is 9.47 Å². The van der Waals surface area contributed by atoms with E-state index in [0.29, 0.717) is 0 Å². The molecule has 0 saturated heterocycles. The lowest BCUT2D eigenvalue weighted by Crippen LogP contribution is -2.28. The Morgan fingerprint density at radius 2 is 1.86 bits per heavy atom. The molecule has 2 aromatic rings. The van der Waals surface area contributed by atoms with Crippen molar-refractivity contribution >= 4 is 5.78 Å². The van der Waals surface area contributed by atoms with Crippen LogP contribution in [0.3, 0.4) is 0 Å². The summed E-state index contributed by atoms with van der Waals surface area (Å²) in [6.45, 7) is 1.86. The van der Waals surface area contributed by atoms with Crippen LogP contribution >= 0.6 is 0 Å². The predicted molar refractivity (Wildman–Crippen MR) is 74.6 cm³/mol. The van der Waals surface area contributed by atoms with Gasteiger partial charge >= 0.3 is 0 Å². The Morgan fingerprint density at radius 3 is 2.43 bits per heavy atom. The number of rotatable bonds is 6. The van der Waals surface area contributed by atoms with Crippen molar-refractivity contribution in [1.82, 2.24) is 9.55 Å². The number of ketones is 1. The van der Waals surface area contributed by atoms with Gasteiger partial charge in [-0.2, -0.15) is 4.39 Å². The molecule has 0 spiro atoms. The molecule has 112 valence electrons. The quantitative estimate of drug-likeness (QED) is 0.606. The van der Waals surface area contributed by atoms with Crippen molar-refractivity contribution < 1.29 is 18.7 Å². The first-order chi connectivity index (χ1) is 10.1. The van der Waals surface area contributed by atoms with E-state index in [-0.39, 0.29) is 11.7 Å². The number of hydrogen-bond donors (Lipinski definition) is 0.